The van der Waals surface area contributed by atoms with Crippen molar-refractivity contribution in [2.45, 2.75) is 26.2 Å². The molecule has 0 spiro atoms. The largest absolute Gasteiger partial charge is 1.00 e. The van der Waals surface area contributed by atoms with Crippen molar-refractivity contribution >= 4 is 10.8 Å². The van der Waals surface area contributed by atoms with Gasteiger partial charge in [0.05, 0.1) is 19.8 Å². The second kappa shape index (κ2) is 12.2. The first-order valence-electron chi connectivity index (χ1n) is 9.69. The maximum Gasteiger partial charge on any atom is 1.00 e. The van der Waals surface area contributed by atoms with Crippen LogP contribution in [0.1, 0.15) is 26.5 Å². The van der Waals surface area contributed by atoms with Crippen molar-refractivity contribution in [2.75, 3.05) is 39.5 Å². The number of aromatic nitrogens is 1. The van der Waals surface area contributed by atoms with Crippen LogP contribution in [0.4, 0.5) is 0 Å². The number of ether oxygens (including phenoxy) is 2. The van der Waals surface area contributed by atoms with Crippen LogP contribution in [0.25, 0.3) is 10.8 Å². The van der Waals surface area contributed by atoms with Crippen LogP contribution in [0.15, 0.2) is 47.0 Å². The molecule has 0 N–H and O–H groups in total. The topological polar surface area (TPSA) is 47.7 Å². The molecule has 1 aliphatic rings. The minimum atomic E-state index is 0. The van der Waals surface area contributed by atoms with Crippen molar-refractivity contribution in [3.63, 3.8) is 0 Å². The van der Waals surface area contributed by atoms with E-state index in [-0.39, 0.29) is 56.8 Å². The normalized spacial score (nSPS) is 14.6. The van der Waals surface area contributed by atoms with Gasteiger partial charge in [-0.3, -0.25) is 4.90 Å². The van der Waals surface area contributed by atoms with Gasteiger partial charge >= 0.3 is 51.4 Å². The predicted octanol–water partition coefficient (Wildman–Crippen LogP) is 1.13. The van der Waals surface area contributed by atoms with Gasteiger partial charge in [-0.15, -0.1) is 41.9 Å². The second-order valence-corrected chi connectivity index (χ2v) is 7.76. The summed E-state index contributed by atoms with van der Waals surface area (Å²) in [5.41, 5.74) is 0.0625. The fourth-order valence-corrected chi connectivity index (χ4v) is 2.90. The van der Waals surface area contributed by atoms with E-state index in [1.807, 2.05) is 24.3 Å². The first-order valence-corrected chi connectivity index (χ1v) is 9.69. The van der Waals surface area contributed by atoms with Crippen LogP contribution in [-0.2, 0) is 10.2 Å². The van der Waals surface area contributed by atoms with Gasteiger partial charge < -0.3 is 14.0 Å². The molecule has 0 radical (unpaired) electrons. The van der Waals surface area contributed by atoms with Crippen LogP contribution in [0.5, 0.6) is 5.75 Å². The van der Waals surface area contributed by atoms with Gasteiger partial charge in [0, 0.05) is 25.4 Å². The zero-order valence-corrected chi connectivity index (χ0v) is 21.0. The van der Waals surface area contributed by atoms with Gasteiger partial charge in [0.1, 0.15) is 0 Å². The summed E-state index contributed by atoms with van der Waals surface area (Å²) >= 11 is 0. The van der Waals surface area contributed by atoms with Gasteiger partial charge in [-0.25, -0.2) is 5.16 Å². The zero-order valence-electron chi connectivity index (χ0n) is 17.9. The molecule has 6 heteroatoms. The third-order valence-corrected chi connectivity index (χ3v) is 4.57. The molecule has 3 aromatic rings. The van der Waals surface area contributed by atoms with Gasteiger partial charge in [-0.1, -0.05) is 38.3 Å². The third kappa shape index (κ3) is 7.79. The van der Waals surface area contributed by atoms with Gasteiger partial charge in [-0.05, 0) is 11.2 Å². The van der Waals surface area contributed by atoms with E-state index < -0.39 is 0 Å². The molecule has 0 bridgehead atoms. The Hall–Kier alpha value is -0.734. The van der Waals surface area contributed by atoms with Crippen LogP contribution in [-0.4, -0.2) is 49.5 Å². The summed E-state index contributed by atoms with van der Waals surface area (Å²) in [4.78, 5) is 2.38. The van der Waals surface area contributed by atoms with Crippen LogP contribution < -0.4 is 56.1 Å². The Morgan fingerprint density at radius 3 is 2.55 bits per heavy atom. The molecule has 2 heterocycles. The molecule has 150 valence electrons. The molecule has 0 amide bonds. The van der Waals surface area contributed by atoms with Gasteiger partial charge in [0.2, 0.25) is 0 Å². The number of hydrogen-bond donors (Lipinski definition) is 0. The van der Waals surface area contributed by atoms with E-state index in [0.717, 1.165) is 55.1 Å². The molecule has 0 aliphatic carbocycles. The molecule has 0 unspecified atom stereocenters. The van der Waals surface area contributed by atoms with Crippen molar-refractivity contribution in [3.05, 3.63) is 60.5 Å². The molecule has 5 nitrogen and oxygen atoms in total. The first kappa shape index (κ1) is 24.5. The Labute approximate surface area is 216 Å². The summed E-state index contributed by atoms with van der Waals surface area (Å²) in [6, 6.07) is 17.1. The monoisotopic (exact) mass is 419 g/mol. The van der Waals surface area contributed by atoms with Gasteiger partial charge in [0.15, 0.2) is 0 Å². The molecule has 0 atom stereocenters. The molecule has 1 aromatic heterocycles. The van der Waals surface area contributed by atoms with E-state index in [1.54, 1.807) is 6.07 Å². The van der Waals surface area contributed by atoms with E-state index >= 15 is 0 Å². The minimum Gasteiger partial charge on any atom is -0.511 e. The second-order valence-electron chi connectivity index (χ2n) is 7.76. The molecule has 1 saturated heterocycles. The van der Waals surface area contributed by atoms with Crippen LogP contribution in [0.3, 0.4) is 0 Å². The summed E-state index contributed by atoms with van der Waals surface area (Å²) in [6.07, 6.45) is 2.62. The van der Waals surface area contributed by atoms with Crippen molar-refractivity contribution < 1.29 is 65.4 Å². The van der Waals surface area contributed by atoms with Gasteiger partial charge in [-0.2, -0.15) is 6.07 Å². The number of rotatable bonds is 4. The summed E-state index contributed by atoms with van der Waals surface area (Å²) in [5, 5.41) is 5.72. The molecule has 29 heavy (non-hydrogen) atoms. The summed E-state index contributed by atoms with van der Waals surface area (Å²) in [6.45, 7) is 11.6. The maximum atomic E-state index is 5.92. The minimum absolute atomic E-state index is 0. The Balaban J connectivity index is 0.000000255. The van der Waals surface area contributed by atoms with Crippen molar-refractivity contribution in [2.24, 2.45) is 0 Å². The van der Waals surface area contributed by atoms with Crippen LogP contribution >= 0.6 is 0 Å². The smallest absolute Gasteiger partial charge is 0.511 e. The first-order chi connectivity index (χ1) is 13.5. The quantitative estimate of drug-likeness (QED) is 0.469. The number of fused-ring (bicyclic) bond motifs is 1. The fraction of sp³-hybridized carbons (Fsp3) is 0.435. The Kier molecular flexibility index (Phi) is 10.3. The predicted molar refractivity (Wildman–Crippen MR) is 110 cm³/mol. The molecule has 2 aromatic carbocycles. The zero-order chi connectivity index (χ0) is 19.8. The Morgan fingerprint density at radius 2 is 1.90 bits per heavy atom. The number of benzene rings is 2. The number of nitrogens with zero attached hydrogens (tertiary/aromatic N) is 2. The van der Waals surface area contributed by atoms with Crippen LogP contribution in [0.2, 0.25) is 0 Å². The molecular formula is C23H28KN2O3-. The molecular weight excluding hydrogens is 391 g/mol. The van der Waals surface area contributed by atoms with Crippen molar-refractivity contribution in [3.8, 4) is 5.75 Å². The number of morpholine rings is 1. The molecule has 1 fully saturated rings. The number of hydrogen-bond acceptors (Lipinski definition) is 5. The maximum absolute atomic E-state index is 5.92. The third-order valence-electron chi connectivity index (χ3n) is 4.57. The van der Waals surface area contributed by atoms with Crippen molar-refractivity contribution in [1.82, 2.24) is 10.1 Å². The average Bonchev–Trinajstić information content (AvgIpc) is 3.25. The SMILES string of the molecule is CC(C)(C)c1c[c-]no1.[K+].[c-]1ccc(OCCN2CCOCC2)c2ccccc12. The van der Waals surface area contributed by atoms with E-state index in [2.05, 4.69) is 55.2 Å². The van der Waals surface area contributed by atoms with E-state index in [0.29, 0.717) is 6.61 Å². The average molecular weight is 420 g/mol. The Bertz CT molecular complexity index is 835. The van der Waals surface area contributed by atoms with E-state index in [1.165, 1.54) is 0 Å². The summed E-state index contributed by atoms with van der Waals surface area (Å²) in [5.74, 6) is 1.82. The van der Waals surface area contributed by atoms with E-state index in [9.17, 15) is 0 Å². The summed E-state index contributed by atoms with van der Waals surface area (Å²) < 4.78 is 16.1. The fourth-order valence-electron chi connectivity index (χ4n) is 2.90. The van der Waals surface area contributed by atoms with Crippen molar-refractivity contribution in [1.29, 1.82) is 0 Å². The van der Waals surface area contributed by atoms with E-state index in [4.69, 9.17) is 14.0 Å². The Morgan fingerprint density at radius 1 is 1.14 bits per heavy atom. The molecule has 1 aliphatic heterocycles. The van der Waals surface area contributed by atoms with Gasteiger partial charge in [0.25, 0.3) is 0 Å². The summed E-state index contributed by atoms with van der Waals surface area (Å²) in [7, 11) is 0. The standard InChI is InChI=1S/C16H18NO2.C7H10NO.K/c1-2-6-15-14(4-1)5-3-7-16(15)19-13-10-17-8-11-18-12-9-17;1-7(2,3)6-4-5-8-9-6;/h1-4,6-7H,8-13H2;4H,1-3H3;/q2*-1;+1. The molecule has 0 saturated carbocycles. The van der Waals surface area contributed by atoms with Crippen LogP contribution in [0, 0.1) is 12.3 Å². The molecule has 4 rings (SSSR count).